The van der Waals surface area contributed by atoms with E-state index in [0.717, 1.165) is 67.2 Å². The molecular weight excluding hydrogens is 439 g/mol. The Morgan fingerprint density at radius 3 is 2.83 bits per heavy atom. The van der Waals surface area contributed by atoms with E-state index in [0.29, 0.717) is 18.1 Å². The van der Waals surface area contributed by atoms with E-state index in [1.807, 2.05) is 13.1 Å². The van der Waals surface area contributed by atoms with Crippen LogP contribution in [0, 0.1) is 5.82 Å². The molecule has 35 heavy (non-hydrogen) atoms. The number of hydrogen-bond acceptors (Lipinski definition) is 5. The standard InChI is InChI=1S/C29H33FN4O/c1-17(2)34-16-18(3)35-29-25(30)12-23(13-26(29)34)28-24(20-6-7-20)15-32-27(33-28)11-19-4-5-22-14-31-9-8-21(22)10-19/h4-5,10,12-13,15,17-18,20,31H,6-9,11,14,16H2,1-3H3. The van der Waals surface area contributed by atoms with Crippen molar-refractivity contribution >= 4 is 5.69 Å². The molecule has 2 aliphatic heterocycles. The summed E-state index contributed by atoms with van der Waals surface area (Å²) >= 11 is 0. The molecule has 0 bridgehead atoms. The maximum Gasteiger partial charge on any atom is 0.178 e. The summed E-state index contributed by atoms with van der Waals surface area (Å²) in [5.74, 6) is 1.28. The van der Waals surface area contributed by atoms with Crippen LogP contribution in [0.1, 0.15) is 67.6 Å². The molecule has 182 valence electrons. The maximum absolute atomic E-state index is 15.4. The monoisotopic (exact) mass is 472 g/mol. The summed E-state index contributed by atoms with van der Waals surface area (Å²) in [5, 5.41) is 3.43. The zero-order chi connectivity index (χ0) is 24.1. The van der Waals surface area contributed by atoms with Crippen LogP contribution in [0.5, 0.6) is 5.75 Å². The van der Waals surface area contributed by atoms with E-state index in [1.54, 1.807) is 6.07 Å². The van der Waals surface area contributed by atoms with Crippen molar-refractivity contribution < 1.29 is 9.13 Å². The van der Waals surface area contributed by atoms with Gasteiger partial charge in [0.15, 0.2) is 11.6 Å². The van der Waals surface area contributed by atoms with Crippen LogP contribution < -0.4 is 15.0 Å². The summed E-state index contributed by atoms with van der Waals surface area (Å²) in [4.78, 5) is 12.0. The number of benzene rings is 2. The van der Waals surface area contributed by atoms with Crippen LogP contribution in [-0.2, 0) is 19.4 Å². The third kappa shape index (κ3) is 4.40. The van der Waals surface area contributed by atoms with Gasteiger partial charge in [0.25, 0.3) is 0 Å². The van der Waals surface area contributed by atoms with Crippen LogP contribution in [0.2, 0.25) is 0 Å². The number of fused-ring (bicyclic) bond motifs is 2. The molecule has 1 saturated carbocycles. The smallest absolute Gasteiger partial charge is 0.178 e. The van der Waals surface area contributed by atoms with Crippen molar-refractivity contribution in [2.75, 3.05) is 18.0 Å². The summed E-state index contributed by atoms with van der Waals surface area (Å²) < 4.78 is 21.3. The lowest BCUT2D eigenvalue weighted by atomic mass is 9.97. The van der Waals surface area contributed by atoms with Crippen LogP contribution in [0.25, 0.3) is 11.3 Å². The SMILES string of the molecule is CC1CN(C(C)C)c2cc(-c3nc(Cc4ccc5c(c4)CCNC5)ncc3C3CC3)cc(F)c2O1. The molecule has 1 N–H and O–H groups in total. The van der Waals surface area contributed by atoms with Crippen molar-refractivity contribution in [2.45, 2.75) is 71.1 Å². The molecule has 1 aromatic heterocycles. The van der Waals surface area contributed by atoms with Gasteiger partial charge < -0.3 is 15.0 Å². The highest BCUT2D eigenvalue weighted by Gasteiger charge is 2.31. The first-order valence-electron chi connectivity index (χ1n) is 12.9. The molecule has 2 aromatic carbocycles. The van der Waals surface area contributed by atoms with Gasteiger partial charge in [-0.25, -0.2) is 14.4 Å². The molecular formula is C29H33FN4O. The predicted octanol–water partition coefficient (Wildman–Crippen LogP) is 5.39. The molecule has 3 aromatic rings. The van der Waals surface area contributed by atoms with Gasteiger partial charge >= 0.3 is 0 Å². The fourth-order valence-electron chi connectivity index (χ4n) is 5.41. The van der Waals surface area contributed by atoms with Crippen molar-refractivity contribution in [3.8, 4) is 17.0 Å². The zero-order valence-electron chi connectivity index (χ0n) is 20.8. The molecule has 0 radical (unpaired) electrons. The summed E-state index contributed by atoms with van der Waals surface area (Å²) in [6.07, 6.45) is 5.93. The summed E-state index contributed by atoms with van der Waals surface area (Å²) in [6, 6.07) is 10.6. The molecule has 0 spiro atoms. The minimum absolute atomic E-state index is 0.0506. The summed E-state index contributed by atoms with van der Waals surface area (Å²) in [6.45, 7) is 8.97. The first kappa shape index (κ1) is 22.5. The van der Waals surface area contributed by atoms with E-state index in [-0.39, 0.29) is 18.0 Å². The second-order valence-corrected chi connectivity index (χ2v) is 10.6. The summed E-state index contributed by atoms with van der Waals surface area (Å²) in [7, 11) is 0. The Bertz CT molecular complexity index is 1270. The average molecular weight is 473 g/mol. The third-order valence-corrected chi connectivity index (χ3v) is 7.41. The number of nitrogens with zero attached hydrogens (tertiary/aromatic N) is 3. The van der Waals surface area contributed by atoms with Gasteiger partial charge in [0, 0.05) is 30.8 Å². The number of anilines is 1. The zero-order valence-corrected chi connectivity index (χ0v) is 20.8. The topological polar surface area (TPSA) is 50.3 Å². The number of ether oxygens (including phenoxy) is 1. The number of rotatable bonds is 5. The molecule has 1 unspecified atom stereocenters. The normalized spacial score (nSPS) is 19.3. The average Bonchev–Trinajstić information content (AvgIpc) is 3.69. The molecule has 1 aliphatic carbocycles. The number of aromatic nitrogens is 2. The van der Waals surface area contributed by atoms with Crippen LogP contribution in [-0.4, -0.2) is 35.2 Å². The fourth-order valence-corrected chi connectivity index (χ4v) is 5.41. The van der Waals surface area contributed by atoms with E-state index in [9.17, 15) is 0 Å². The van der Waals surface area contributed by atoms with Crippen molar-refractivity contribution in [1.29, 1.82) is 0 Å². The van der Waals surface area contributed by atoms with Crippen LogP contribution in [0.3, 0.4) is 0 Å². The molecule has 6 rings (SSSR count). The second-order valence-electron chi connectivity index (χ2n) is 10.6. The molecule has 6 heteroatoms. The predicted molar refractivity (Wildman–Crippen MR) is 137 cm³/mol. The van der Waals surface area contributed by atoms with E-state index >= 15 is 4.39 Å². The molecule has 1 fully saturated rings. The minimum Gasteiger partial charge on any atom is -0.484 e. The van der Waals surface area contributed by atoms with Gasteiger partial charge in [-0.2, -0.15) is 0 Å². The Morgan fingerprint density at radius 2 is 2.03 bits per heavy atom. The van der Waals surface area contributed by atoms with Gasteiger partial charge in [-0.15, -0.1) is 0 Å². The molecule has 0 amide bonds. The third-order valence-electron chi connectivity index (χ3n) is 7.41. The molecule has 1 atom stereocenters. The Balaban J connectivity index is 1.39. The Hall–Kier alpha value is -2.99. The summed E-state index contributed by atoms with van der Waals surface area (Å²) in [5.41, 5.74) is 7.64. The quantitative estimate of drug-likeness (QED) is 0.539. The Kier molecular flexibility index (Phi) is 5.72. The fraction of sp³-hybridized carbons (Fsp3) is 0.448. The van der Waals surface area contributed by atoms with Crippen molar-refractivity contribution in [2.24, 2.45) is 0 Å². The molecule has 3 heterocycles. The highest BCUT2D eigenvalue weighted by Crippen LogP contribution is 2.46. The lowest BCUT2D eigenvalue weighted by Gasteiger charge is -2.38. The van der Waals surface area contributed by atoms with Gasteiger partial charge in [-0.3, -0.25) is 0 Å². The van der Waals surface area contributed by atoms with Gasteiger partial charge in [0.05, 0.1) is 17.9 Å². The van der Waals surface area contributed by atoms with Gasteiger partial charge in [-0.1, -0.05) is 18.2 Å². The Labute approximate surface area is 206 Å². The van der Waals surface area contributed by atoms with Crippen molar-refractivity contribution in [3.63, 3.8) is 0 Å². The maximum atomic E-state index is 15.4. The highest BCUT2D eigenvalue weighted by molar-refractivity contribution is 5.74. The lowest BCUT2D eigenvalue weighted by Crippen LogP contribution is -2.42. The number of halogens is 1. The van der Waals surface area contributed by atoms with E-state index < -0.39 is 0 Å². The van der Waals surface area contributed by atoms with E-state index in [4.69, 9.17) is 14.7 Å². The second kappa shape index (κ2) is 8.90. The van der Waals surface area contributed by atoms with E-state index in [2.05, 4.69) is 48.3 Å². The van der Waals surface area contributed by atoms with E-state index in [1.165, 1.54) is 16.7 Å². The van der Waals surface area contributed by atoms with Crippen LogP contribution in [0.15, 0.2) is 36.5 Å². The first-order valence-corrected chi connectivity index (χ1v) is 12.9. The Morgan fingerprint density at radius 1 is 1.17 bits per heavy atom. The van der Waals surface area contributed by atoms with Crippen molar-refractivity contribution in [1.82, 2.24) is 15.3 Å². The van der Waals surface area contributed by atoms with Crippen molar-refractivity contribution in [3.05, 3.63) is 70.4 Å². The largest absolute Gasteiger partial charge is 0.484 e. The molecule has 3 aliphatic rings. The minimum atomic E-state index is -0.320. The van der Waals surface area contributed by atoms with Crippen LogP contribution in [0.4, 0.5) is 10.1 Å². The molecule has 5 nitrogen and oxygen atoms in total. The number of nitrogens with one attached hydrogen (secondary N) is 1. The van der Waals surface area contributed by atoms with Gasteiger partial charge in [0.1, 0.15) is 11.9 Å². The lowest BCUT2D eigenvalue weighted by molar-refractivity contribution is 0.199. The van der Waals surface area contributed by atoms with Gasteiger partial charge in [0.2, 0.25) is 0 Å². The number of hydrogen-bond donors (Lipinski definition) is 1. The highest BCUT2D eigenvalue weighted by atomic mass is 19.1. The van der Waals surface area contributed by atoms with Gasteiger partial charge in [-0.05, 0) is 86.9 Å². The molecule has 0 saturated heterocycles. The first-order chi connectivity index (χ1) is 17.0. The van der Waals surface area contributed by atoms with Crippen LogP contribution >= 0.6 is 0 Å².